The lowest BCUT2D eigenvalue weighted by atomic mass is 10.1. The number of benzene rings is 3. The van der Waals surface area contributed by atoms with E-state index in [0.717, 1.165) is 11.3 Å². The quantitative estimate of drug-likeness (QED) is 0.235. The fourth-order valence-corrected chi connectivity index (χ4v) is 2.99. The molecule has 1 heterocycles. The summed E-state index contributed by atoms with van der Waals surface area (Å²) in [6, 6.07) is 18.7. The van der Waals surface area contributed by atoms with E-state index < -0.39 is 5.97 Å². The predicted molar refractivity (Wildman–Crippen MR) is 115 cm³/mol. The van der Waals surface area contributed by atoms with E-state index in [1.807, 2.05) is 31.2 Å². The Morgan fingerprint density at radius 2 is 1.55 bits per heavy atom. The first-order valence-corrected chi connectivity index (χ1v) is 9.79. The number of carbonyl (C=O) groups is 2. The van der Waals surface area contributed by atoms with Crippen molar-refractivity contribution < 1.29 is 28.5 Å². The van der Waals surface area contributed by atoms with Crippen LogP contribution in [0, 0.1) is 0 Å². The smallest absolute Gasteiger partial charge is 0.343 e. The summed E-state index contributed by atoms with van der Waals surface area (Å²) in [4.78, 5) is 24.8. The van der Waals surface area contributed by atoms with E-state index in [-0.39, 0.29) is 12.6 Å². The highest BCUT2D eigenvalue weighted by molar-refractivity contribution is 6.06. The summed E-state index contributed by atoms with van der Waals surface area (Å²) in [6.45, 7) is 2.67. The van der Waals surface area contributed by atoms with Crippen LogP contribution in [0.4, 0.5) is 0 Å². The molecule has 6 heteroatoms. The van der Waals surface area contributed by atoms with Gasteiger partial charge in [-0.2, -0.15) is 0 Å². The molecule has 0 fully saturated rings. The highest BCUT2D eigenvalue weighted by Gasteiger charge is 2.17. The van der Waals surface area contributed by atoms with Crippen LogP contribution < -0.4 is 18.9 Å². The molecule has 0 unspecified atom stereocenters. The monoisotopic (exact) mass is 416 g/mol. The Morgan fingerprint density at radius 1 is 0.871 bits per heavy atom. The first-order valence-electron chi connectivity index (χ1n) is 9.79. The van der Waals surface area contributed by atoms with E-state index in [2.05, 4.69) is 0 Å². The van der Waals surface area contributed by atoms with Gasteiger partial charge in [0.15, 0.2) is 17.3 Å². The number of ketones is 1. The average Bonchev–Trinajstić information content (AvgIpc) is 3.27. The lowest BCUT2D eigenvalue weighted by Gasteiger charge is -2.06. The molecule has 0 aromatic heterocycles. The largest absolute Gasteiger partial charge is 0.494 e. The average molecular weight is 416 g/mol. The van der Waals surface area contributed by atoms with Crippen LogP contribution in [-0.2, 0) is 0 Å². The van der Waals surface area contributed by atoms with Gasteiger partial charge in [0.05, 0.1) is 12.2 Å². The second-order valence-corrected chi connectivity index (χ2v) is 6.68. The lowest BCUT2D eigenvalue weighted by molar-refractivity contribution is 0.0734. The Hall–Kier alpha value is -4.06. The summed E-state index contributed by atoms with van der Waals surface area (Å²) in [5, 5.41) is 0. The molecule has 3 aromatic carbocycles. The van der Waals surface area contributed by atoms with E-state index in [4.69, 9.17) is 18.9 Å². The fourth-order valence-electron chi connectivity index (χ4n) is 2.99. The molecule has 3 aromatic rings. The van der Waals surface area contributed by atoms with Gasteiger partial charge < -0.3 is 18.9 Å². The number of fused-ring (bicyclic) bond motifs is 1. The second-order valence-electron chi connectivity index (χ2n) is 6.68. The fraction of sp³-hybridized carbons (Fsp3) is 0.120. The molecule has 1 aliphatic rings. The van der Waals surface area contributed by atoms with Gasteiger partial charge in [0.1, 0.15) is 11.5 Å². The topological polar surface area (TPSA) is 71.1 Å². The molecule has 156 valence electrons. The molecule has 0 saturated carbocycles. The number of hydrogen-bond acceptors (Lipinski definition) is 6. The Labute approximate surface area is 179 Å². The van der Waals surface area contributed by atoms with Crippen LogP contribution in [0.25, 0.3) is 6.08 Å². The summed E-state index contributed by atoms with van der Waals surface area (Å²) >= 11 is 0. The Kier molecular flexibility index (Phi) is 5.98. The van der Waals surface area contributed by atoms with Crippen molar-refractivity contribution in [3.05, 3.63) is 89.5 Å². The lowest BCUT2D eigenvalue weighted by Crippen LogP contribution is -2.08. The van der Waals surface area contributed by atoms with E-state index >= 15 is 0 Å². The molecule has 0 bridgehead atoms. The number of hydrogen-bond donors (Lipinski definition) is 0. The molecular formula is C25H20O6. The van der Waals surface area contributed by atoms with Crippen molar-refractivity contribution in [1.29, 1.82) is 0 Å². The minimum atomic E-state index is -0.521. The maximum absolute atomic E-state index is 12.4. The zero-order valence-corrected chi connectivity index (χ0v) is 16.9. The van der Waals surface area contributed by atoms with Gasteiger partial charge in [-0.25, -0.2) is 4.79 Å². The summed E-state index contributed by atoms with van der Waals surface area (Å²) < 4.78 is 21.3. The van der Waals surface area contributed by atoms with Crippen LogP contribution in [-0.4, -0.2) is 25.2 Å². The van der Waals surface area contributed by atoms with Crippen molar-refractivity contribution in [2.24, 2.45) is 0 Å². The Balaban J connectivity index is 1.37. The summed E-state index contributed by atoms with van der Waals surface area (Å²) in [5.41, 5.74) is 1.74. The molecule has 31 heavy (non-hydrogen) atoms. The van der Waals surface area contributed by atoms with Crippen LogP contribution in [0.1, 0.15) is 33.2 Å². The number of rotatable bonds is 7. The van der Waals surface area contributed by atoms with Crippen molar-refractivity contribution in [1.82, 2.24) is 0 Å². The first-order chi connectivity index (χ1) is 15.1. The maximum atomic E-state index is 12.4. The van der Waals surface area contributed by atoms with Gasteiger partial charge in [-0.05, 0) is 73.2 Å². The van der Waals surface area contributed by atoms with Crippen LogP contribution in [0.15, 0.2) is 72.8 Å². The van der Waals surface area contributed by atoms with Crippen molar-refractivity contribution >= 4 is 17.8 Å². The third kappa shape index (κ3) is 4.93. The first kappa shape index (κ1) is 20.2. The third-order valence-corrected chi connectivity index (χ3v) is 4.58. The normalized spacial score (nSPS) is 12.0. The Bertz CT molecular complexity index is 1110. The van der Waals surface area contributed by atoms with Gasteiger partial charge >= 0.3 is 5.97 Å². The van der Waals surface area contributed by atoms with Crippen LogP contribution in [0.2, 0.25) is 0 Å². The van der Waals surface area contributed by atoms with Crippen molar-refractivity contribution in [3.8, 4) is 23.0 Å². The van der Waals surface area contributed by atoms with Gasteiger partial charge in [0.2, 0.25) is 6.79 Å². The highest BCUT2D eigenvalue weighted by atomic mass is 16.7. The van der Waals surface area contributed by atoms with Gasteiger partial charge in [-0.3, -0.25) is 4.79 Å². The molecule has 0 spiro atoms. The molecule has 1 aliphatic heterocycles. The van der Waals surface area contributed by atoms with Crippen molar-refractivity contribution in [3.63, 3.8) is 0 Å². The predicted octanol–water partition coefficient (Wildman–Crippen LogP) is 4.93. The molecule has 4 rings (SSSR count). The minimum absolute atomic E-state index is 0.135. The zero-order chi connectivity index (χ0) is 21.6. The van der Waals surface area contributed by atoms with Crippen LogP contribution in [0.3, 0.4) is 0 Å². The van der Waals surface area contributed by atoms with Crippen LogP contribution in [0.5, 0.6) is 23.0 Å². The summed E-state index contributed by atoms with van der Waals surface area (Å²) in [5.74, 6) is 1.56. The SMILES string of the molecule is CCOc1ccc(C=CC(=O)c2ccc(OC(=O)c3ccc4c(c3)OCO4)cc2)cc1. The summed E-state index contributed by atoms with van der Waals surface area (Å²) in [7, 11) is 0. The van der Waals surface area contributed by atoms with Gasteiger partial charge in [-0.1, -0.05) is 18.2 Å². The number of carbonyl (C=O) groups excluding carboxylic acids is 2. The molecule has 0 amide bonds. The van der Waals surface area contributed by atoms with Crippen molar-refractivity contribution in [2.75, 3.05) is 13.4 Å². The number of esters is 1. The number of allylic oxidation sites excluding steroid dienone is 1. The molecule has 0 N–H and O–H groups in total. The van der Waals surface area contributed by atoms with Gasteiger partial charge in [0.25, 0.3) is 0 Å². The highest BCUT2D eigenvalue weighted by Crippen LogP contribution is 2.32. The zero-order valence-electron chi connectivity index (χ0n) is 16.9. The third-order valence-electron chi connectivity index (χ3n) is 4.58. The molecule has 0 aliphatic carbocycles. The molecule has 0 saturated heterocycles. The number of ether oxygens (including phenoxy) is 4. The van der Waals surface area contributed by atoms with Crippen molar-refractivity contribution in [2.45, 2.75) is 6.92 Å². The van der Waals surface area contributed by atoms with E-state index in [0.29, 0.717) is 35.0 Å². The minimum Gasteiger partial charge on any atom is -0.494 e. The Morgan fingerprint density at radius 3 is 2.29 bits per heavy atom. The molecule has 0 atom stereocenters. The molecule has 0 radical (unpaired) electrons. The van der Waals surface area contributed by atoms with E-state index in [1.54, 1.807) is 48.5 Å². The standard InChI is InChI=1S/C25H20O6/c1-2-28-20-9-3-17(4-10-20)5-13-22(26)18-6-11-21(12-7-18)31-25(27)19-8-14-23-24(15-19)30-16-29-23/h3-15H,2,16H2,1H3. The molecular weight excluding hydrogens is 396 g/mol. The molecule has 6 nitrogen and oxygen atoms in total. The van der Waals surface area contributed by atoms with Gasteiger partial charge in [-0.15, -0.1) is 0 Å². The van der Waals surface area contributed by atoms with Crippen LogP contribution >= 0.6 is 0 Å². The van der Waals surface area contributed by atoms with Gasteiger partial charge in [0, 0.05) is 5.56 Å². The maximum Gasteiger partial charge on any atom is 0.343 e. The summed E-state index contributed by atoms with van der Waals surface area (Å²) in [6.07, 6.45) is 3.24. The second kappa shape index (κ2) is 9.17. The van der Waals surface area contributed by atoms with E-state index in [1.165, 1.54) is 6.08 Å². The van der Waals surface area contributed by atoms with E-state index in [9.17, 15) is 9.59 Å².